The Kier molecular flexibility index (Phi) is 4.15. The molecular formula is C22H21N3O2. The van der Waals surface area contributed by atoms with Gasteiger partial charge in [0, 0.05) is 29.6 Å². The first kappa shape index (κ1) is 17.2. The molecule has 1 unspecified atom stereocenters. The quantitative estimate of drug-likeness (QED) is 0.869. The molecule has 5 nitrogen and oxygen atoms in total. The van der Waals surface area contributed by atoms with E-state index >= 15 is 0 Å². The SMILES string of the molecule is CC1(c2ccc(C(N)=O)c(Nc3ccccc3)c2)C=NC2=C1C(=O)CCC2. The molecule has 0 saturated carbocycles. The maximum absolute atomic E-state index is 12.6. The third kappa shape index (κ3) is 2.95. The van der Waals surface area contributed by atoms with Crippen molar-refractivity contribution in [3.05, 3.63) is 70.9 Å². The number of benzene rings is 2. The molecule has 3 N–H and O–H groups in total. The summed E-state index contributed by atoms with van der Waals surface area (Å²) in [6.45, 7) is 2.01. The highest BCUT2D eigenvalue weighted by molar-refractivity contribution is 6.07. The van der Waals surface area contributed by atoms with E-state index in [1.165, 1.54) is 0 Å². The lowest BCUT2D eigenvalue weighted by molar-refractivity contribution is -0.116. The van der Waals surface area contributed by atoms with Gasteiger partial charge in [0.05, 0.1) is 16.7 Å². The summed E-state index contributed by atoms with van der Waals surface area (Å²) in [5.41, 5.74) is 9.45. The molecule has 1 atom stereocenters. The number of hydrogen-bond donors (Lipinski definition) is 2. The van der Waals surface area contributed by atoms with Crippen molar-refractivity contribution in [1.29, 1.82) is 0 Å². The van der Waals surface area contributed by atoms with Crippen LogP contribution in [0.1, 0.15) is 42.1 Å². The number of carbonyl (C=O) groups excluding carboxylic acids is 2. The Labute approximate surface area is 158 Å². The normalized spacial score (nSPS) is 21.3. The van der Waals surface area contributed by atoms with Gasteiger partial charge in [-0.3, -0.25) is 14.6 Å². The van der Waals surface area contributed by atoms with Gasteiger partial charge >= 0.3 is 0 Å². The molecule has 0 radical (unpaired) electrons. The van der Waals surface area contributed by atoms with Crippen LogP contribution in [0.4, 0.5) is 11.4 Å². The molecule has 136 valence electrons. The minimum absolute atomic E-state index is 0.160. The first-order chi connectivity index (χ1) is 13.0. The van der Waals surface area contributed by atoms with E-state index in [0.29, 0.717) is 17.7 Å². The molecule has 0 aromatic heterocycles. The summed E-state index contributed by atoms with van der Waals surface area (Å²) in [6.07, 6.45) is 4.10. The molecule has 5 heteroatoms. The van der Waals surface area contributed by atoms with Gasteiger partial charge < -0.3 is 11.1 Å². The van der Waals surface area contributed by atoms with E-state index in [1.54, 1.807) is 6.07 Å². The minimum Gasteiger partial charge on any atom is -0.366 e. The van der Waals surface area contributed by atoms with Crippen LogP contribution in [-0.4, -0.2) is 17.9 Å². The second-order valence-corrected chi connectivity index (χ2v) is 7.17. The lowest BCUT2D eigenvalue weighted by Crippen LogP contribution is -2.30. The highest BCUT2D eigenvalue weighted by Gasteiger charge is 2.41. The Balaban J connectivity index is 1.79. The number of nitrogens with zero attached hydrogens (tertiary/aromatic N) is 1. The summed E-state index contributed by atoms with van der Waals surface area (Å²) in [5, 5.41) is 3.27. The fourth-order valence-electron chi connectivity index (χ4n) is 3.90. The molecule has 0 bridgehead atoms. The Bertz CT molecular complexity index is 992. The van der Waals surface area contributed by atoms with Gasteiger partial charge in [-0.2, -0.15) is 0 Å². The number of anilines is 2. The summed E-state index contributed by atoms with van der Waals surface area (Å²) in [4.78, 5) is 29.0. The molecule has 27 heavy (non-hydrogen) atoms. The van der Waals surface area contributed by atoms with E-state index in [2.05, 4.69) is 10.3 Å². The second-order valence-electron chi connectivity index (χ2n) is 7.17. The van der Waals surface area contributed by atoms with Crippen LogP contribution in [0, 0.1) is 0 Å². The fourth-order valence-corrected chi connectivity index (χ4v) is 3.90. The molecule has 1 aliphatic heterocycles. The maximum atomic E-state index is 12.6. The van der Waals surface area contributed by atoms with Crippen LogP contribution < -0.4 is 11.1 Å². The van der Waals surface area contributed by atoms with Crippen molar-refractivity contribution in [2.24, 2.45) is 10.7 Å². The van der Waals surface area contributed by atoms with Crippen molar-refractivity contribution in [3.8, 4) is 0 Å². The first-order valence-electron chi connectivity index (χ1n) is 9.07. The number of rotatable bonds is 4. The maximum Gasteiger partial charge on any atom is 0.250 e. The number of aliphatic imine (C=N–C) groups is 1. The third-order valence-electron chi connectivity index (χ3n) is 5.32. The summed E-state index contributed by atoms with van der Waals surface area (Å²) in [7, 11) is 0. The van der Waals surface area contributed by atoms with Crippen LogP contribution >= 0.6 is 0 Å². The molecule has 2 aliphatic rings. The Hall–Kier alpha value is -3.21. The van der Waals surface area contributed by atoms with Gasteiger partial charge in [-0.25, -0.2) is 0 Å². The fraction of sp³-hybridized carbons (Fsp3) is 0.227. The van der Waals surface area contributed by atoms with Crippen molar-refractivity contribution in [1.82, 2.24) is 0 Å². The van der Waals surface area contributed by atoms with Gasteiger partial charge in [-0.15, -0.1) is 0 Å². The zero-order valence-electron chi connectivity index (χ0n) is 15.2. The predicted molar refractivity (Wildman–Crippen MR) is 106 cm³/mol. The van der Waals surface area contributed by atoms with Crippen molar-refractivity contribution in [2.75, 3.05) is 5.32 Å². The lowest BCUT2D eigenvalue weighted by atomic mass is 9.73. The standard InChI is InChI=1S/C22H21N3O2/c1-22(13-24-17-8-5-9-19(26)20(17)22)14-10-11-16(21(23)27)18(12-14)25-15-6-3-2-4-7-15/h2-4,6-7,10-13,25H,5,8-9H2,1H3,(H2,23,27). The number of nitrogens with one attached hydrogen (secondary N) is 1. The minimum atomic E-state index is -0.587. The largest absolute Gasteiger partial charge is 0.366 e. The molecule has 2 aromatic rings. The molecule has 4 rings (SSSR count). The highest BCUT2D eigenvalue weighted by atomic mass is 16.1. The highest BCUT2D eigenvalue weighted by Crippen LogP contribution is 2.43. The average molecular weight is 359 g/mol. The number of Topliss-reactive ketones (excluding diaryl/α,β-unsaturated/α-hetero) is 1. The number of hydrogen-bond acceptors (Lipinski definition) is 4. The molecule has 0 spiro atoms. The van der Waals surface area contributed by atoms with Crippen LogP contribution in [0.5, 0.6) is 0 Å². The van der Waals surface area contributed by atoms with Crippen LogP contribution in [0.15, 0.2) is 64.8 Å². The van der Waals surface area contributed by atoms with Gasteiger partial charge in [-0.1, -0.05) is 24.3 Å². The van der Waals surface area contributed by atoms with Crippen molar-refractivity contribution in [3.63, 3.8) is 0 Å². The molecule has 2 aromatic carbocycles. The smallest absolute Gasteiger partial charge is 0.250 e. The number of carbonyl (C=O) groups is 2. The molecule has 1 amide bonds. The summed E-state index contributed by atoms with van der Waals surface area (Å²) in [5.74, 6) is -0.341. The van der Waals surface area contributed by atoms with Crippen molar-refractivity contribution >= 4 is 29.3 Å². The summed E-state index contributed by atoms with van der Waals surface area (Å²) in [6, 6.07) is 15.1. The van der Waals surface area contributed by atoms with E-state index in [9.17, 15) is 9.59 Å². The van der Waals surface area contributed by atoms with E-state index < -0.39 is 11.3 Å². The van der Waals surface area contributed by atoms with Crippen LogP contribution in [-0.2, 0) is 10.2 Å². The zero-order valence-corrected chi connectivity index (χ0v) is 15.2. The van der Waals surface area contributed by atoms with Gasteiger partial charge in [0.15, 0.2) is 5.78 Å². The molecule has 0 fully saturated rings. The van der Waals surface area contributed by atoms with Crippen LogP contribution in [0.2, 0.25) is 0 Å². The van der Waals surface area contributed by atoms with Gasteiger partial charge in [0.1, 0.15) is 0 Å². The van der Waals surface area contributed by atoms with Gasteiger partial charge in [0.25, 0.3) is 5.91 Å². The number of primary amides is 1. The predicted octanol–water partition coefficient (Wildman–Crippen LogP) is 3.88. The van der Waals surface area contributed by atoms with Gasteiger partial charge in [-0.05, 0) is 49.6 Å². The van der Waals surface area contributed by atoms with E-state index in [4.69, 9.17) is 5.73 Å². The van der Waals surface area contributed by atoms with Gasteiger partial charge in [0.2, 0.25) is 0 Å². The Morgan fingerprint density at radius 3 is 2.67 bits per heavy atom. The Morgan fingerprint density at radius 2 is 1.93 bits per heavy atom. The zero-order chi connectivity index (χ0) is 19.0. The monoisotopic (exact) mass is 359 g/mol. The molecule has 1 heterocycles. The van der Waals surface area contributed by atoms with Crippen molar-refractivity contribution < 1.29 is 9.59 Å². The summed E-state index contributed by atoms with van der Waals surface area (Å²) >= 11 is 0. The topological polar surface area (TPSA) is 84.6 Å². The van der Waals surface area contributed by atoms with E-state index in [-0.39, 0.29) is 5.78 Å². The molecular weight excluding hydrogens is 338 g/mol. The number of para-hydroxylation sites is 1. The number of amides is 1. The van der Waals surface area contributed by atoms with Crippen molar-refractivity contribution in [2.45, 2.75) is 31.6 Å². The number of ketones is 1. The number of nitrogens with two attached hydrogens (primary N) is 1. The van der Waals surface area contributed by atoms with Crippen LogP contribution in [0.3, 0.4) is 0 Å². The van der Waals surface area contributed by atoms with Crippen LogP contribution in [0.25, 0.3) is 0 Å². The summed E-state index contributed by atoms with van der Waals surface area (Å²) < 4.78 is 0. The second kappa shape index (κ2) is 6.50. The molecule has 0 saturated heterocycles. The lowest BCUT2D eigenvalue weighted by Gasteiger charge is -2.28. The molecule has 1 aliphatic carbocycles. The van der Waals surface area contributed by atoms with E-state index in [0.717, 1.165) is 35.4 Å². The number of allylic oxidation sites excluding steroid dienone is 2. The third-order valence-corrected chi connectivity index (χ3v) is 5.32. The average Bonchev–Trinajstić information content (AvgIpc) is 3.02. The Morgan fingerprint density at radius 1 is 1.15 bits per heavy atom. The van der Waals surface area contributed by atoms with E-state index in [1.807, 2.05) is 55.6 Å². The first-order valence-corrected chi connectivity index (χ1v) is 9.07.